The summed E-state index contributed by atoms with van der Waals surface area (Å²) in [4.78, 5) is 4.02. The van der Waals surface area contributed by atoms with E-state index in [1.807, 2.05) is 4.68 Å². The second-order valence-corrected chi connectivity index (χ2v) is 6.69. The molecule has 4 nitrogen and oxygen atoms in total. The van der Waals surface area contributed by atoms with Crippen molar-refractivity contribution in [2.75, 3.05) is 11.5 Å². The van der Waals surface area contributed by atoms with Crippen molar-refractivity contribution in [2.24, 2.45) is 0 Å². The van der Waals surface area contributed by atoms with Gasteiger partial charge in [-0.05, 0) is 36.3 Å². The lowest BCUT2D eigenvalue weighted by Gasteiger charge is -2.28. The minimum absolute atomic E-state index is 0.392. The molecule has 2 aromatic rings. The van der Waals surface area contributed by atoms with E-state index in [0.717, 1.165) is 13.0 Å². The van der Waals surface area contributed by atoms with Gasteiger partial charge in [0.2, 0.25) is 0 Å². The molecule has 0 saturated carbocycles. The van der Waals surface area contributed by atoms with Crippen molar-refractivity contribution in [3.63, 3.8) is 0 Å². The van der Waals surface area contributed by atoms with E-state index >= 15 is 0 Å². The molecule has 0 radical (unpaired) electrons. The Morgan fingerprint density at radius 1 is 1.24 bits per heavy atom. The van der Waals surface area contributed by atoms with Gasteiger partial charge in [0.1, 0.15) is 12.7 Å². The molecule has 1 aliphatic rings. The molecule has 1 saturated heterocycles. The summed E-state index contributed by atoms with van der Waals surface area (Å²) < 4.78 is 1.91. The summed E-state index contributed by atoms with van der Waals surface area (Å²) in [5.41, 5.74) is 1.37. The minimum Gasteiger partial charge on any atom is -0.307 e. The van der Waals surface area contributed by atoms with E-state index in [1.54, 1.807) is 12.7 Å². The number of hydrogen-bond donors (Lipinski definition) is 1. The van der Waals surface area contributed by atoms with Gasteiger partial charge in [0, 0.05) is 18.6 Å². The van der Waals surface area contributed by atoms with Crippen LogP contribution < -0.4 is 5.32 Å². The number of nitrogens with one attached hydrogen (secondary N) is 1. The zero-order chi connectivity index (χ0) is 14.3. The smallest absolute Gasteiger partial charge is 0.137 e. The molecular weight excluding hydrogens is 280 g/mol. The molecule has 112 valence electrons. The van der Waals surface area contributed by atoms with E-state index in [-0.39, 0.29) is 0 Å². The van der Waals surface area contributed by atoms with Crippen LogP contribution in [0.4, 0.5) is 0 Å². The Kier molecular flexibility index (Phi) is 5.29. The maximum atomic E-state index is 4.20. The van der Waals surface area contributed by atoms with Crippen LogP contribution in [-0.4, -0.2) is 32.3 Å². The maximum absolute atomic E-state index is 4.20. The predicted octanol–water partition coefficient (Wildman–Crippen LogP) is 2.89. The van der Waals surface area contributed by atoms with E-state index in [2.05, 4.69) is 57.5 Å². The van der Waals surface area contributed by atoms with Crippen molar-refractivity contribution < 1.29 is 0 Å². The van der Waals surface area contributed by atoms with Crippen molar-refractivity contribution in [1.29, 1.82) is 0 Å². The van der Waals surface area contributed by atoms with E-state index in [0.29, 0.717) is 12.1 Å². The Morgan fingerprint density at radius 2 is 2.05 bits per heavy atom. The molecule has 2 heterocycles. The Morgan fingerprint density at radius 3 is 2.76 bits per heavy atom. The van der Waals surface area contributed by atoms with Crippen molar-refractivity contribution >= 4 is 11.8 Å². The first-order chi connectivity index (χ1) is 10.4. The predicted molar refractivity (Wildman–Crippen MR) is 87.3 cm³/mol. The van der Waals surface area contributed by atoms with E-state index in [9.17, 15) is 0 Å². The van der Waals surface area contributed by atoms with Gasteiger partial charge in [0.25, 0.3) is 0 Å². The van der Waals surface area contributed by atoms with Crippen LogP contribution in [0.25, 0.3) is 0 Å². The van der Waals surface area contributed by atoms with Crippen LogP contribution in [-0.2, 0) is 6.54 Å². The Labute approximate surface area is 130 Å². The number of hydrogen-bond acceptors (Lipinski definition) is 4. The van der Waals surface area contributed by atoms with E-state index < -0.39 is 0 Å². The first-order valence-electron chi connectivity index (χ1n) is 7.63. The summed E-state index contributed by atoms with van der Waals surface area (Å²) in [6, 6.07) is 11.8. The first kappa shape index (κ1) is 14.6. The van der Waals surface area contributed by atoms with Crippen LogP contribution in [0, 0.1) is 0 Å². The lowest BCUT2D eigenvalue weighted by atomic mass is 10.0. The summed E-state index contributed by atoms with van der Waals surface area (Å²) in [7, 11) is 0. The molecule has 5 heteroatoms. The molecule has 1 N–H and O–H groups in total. The molecule has 1 aromatic heterocycles. The third-order valence-corrected chi connectivity index (χ3v) is 5.02. The quantitative estimate of drug-likeness (QED) is 0.891. The topological polar surface area (TPSA) is 42.7 Å². The van der Waals surface area contributed by atoms with Gasteiger partial charge in [-0.15, -0.1) is 0 Å². The van der Waals surface area contributed by atoms with Crippen molar-refractivity contribution in [3.8, 4) is 0 Å². The van der Waals surface area contributed by atoms with Crippen molar-refractivity contribution in [2.45, 2.75) is 37.9 Å². The standard InChI is InChI=1S/C16H22N4S/c1-2-4-14(5-3-1)16(6-9-20-13-17-12-18-20)19-15-7-10-21-11-8-15/h1-5,12-13,15-16,19H,6-11H2/t16-/m1/s1. The largest absolute Gasteiger partial charge is 0.307 e. The molecule has 1 fully saturated rings. The molecule has 0 spiro atoms. The van der Waals surface area contributed by atoms with Crippen LogP contribution in [0.15, 0.2) is 43.0 Å². The van der Waals surface area contributed by atoms with Crippen LogP contribution >= 0.6 is 11.8 Å². The fourth-order valence-electron chi connectivity index (χ4n) is 2.79. The third-order valence-electron chi connectivity index (χ3n) is 3.97. The first-order valence-corrected chi connectivity index (χ1v) is 8.78. The van der Waals surface area contributed by atoms with Gasteiger partial charge in [0.15, 0.2) is 0 Å². The lowest BCUT2D eigenvalue weighted by molar-refractivity contribution is 0.376. The van der Waals surface area contributed by atoms with Crippen molar-refractivity contribution in [1.82, 2.24) is 20.1 Å². The molecular formula is C16H22N4S. The summed E-state index contributed by atoms with van der Waals surface area (Å²) in [6.07, 6.45) is 6.98. The average molecular weight is 302 g/mol. The molecule has 0 amide bonds. The molecule has 0 aliphatic carbocycles. The minimum atomic E-state index is 0.392. The van der Waals surface area contributed by atoms with Crippen LogP contribution in [0.5, 0.6) is 0 Å². The number of rotatable bonds is 6. The highest BCUT2D eigenvalue weighted by Gasteiger charge is 2.19. The van der Waals surface area contributed by atoms with Gasteiger partial charge in [0.05, 0.1) is 0 Å². The molecule has 0 unspecified atom stereocenters. The number of benzene rings is 1. The summed E-state index contributed by atoms with van der Waals surface area (Å²) in [6.45, 7) is 0.897. The molecule has 3 rings (SSSR count). The fourth-order valence-corrected chi connectivity index (χ4v) is 3.90. The zero-order valence-corrected chi connectivity index (χ0v) is 13.0. The van der Waals surface area contributed by atoms with E-state index in [1.165, 1.54) is 29.9 Å². The summed E-state index contributed by atoms with van der Waals surface area (Å²) in [5.74, 6) is 2.56. The highest BCUT2D eigenvalue weighted by atomic mass is 32.2. The maximum Gasteiger partial charge on any atom is 0.137 e. The van der Waals surface area contributed by atoms with Crippen LogP contribution in [0.3, 0.4) is 0 Å². The molecule has 1 atom stereocenters. The second kappa shape index (κ2) is 7.61. The van der Waals surface area contributed by atoms with E-state index in [4.69, 9.17) is 0 Å². The SMILES string of the molecule is c1ccc([C@@H](CCn2cncn2)NC2CCSCC2)cc1. The number of nitrogens with zero attached hydrogens (tertiary/aromatic N) is 3. The van der Waals surface area contributed by atoms with Gasteiger partial charge in [-0.2, -0.15) is 16.9 Å². The summed E-state index contributed by atoms with van der Waals surface area (Å²) >= 11 is 2.07. The monoisotopic (exact) mass is 302 g/mol. The molecule has 1 aromatic carbocycles. The number of aromatic nitrogens is 3. The normalized spacial score (nSPS) is 17.7. The average Bonchev–Trinajstić information content (AvgIpc) is 3.07. The highest BCUT2D eigenvalue weighted by molar-refractivity contribution is 7.99. The second-order valence-electron chi connectivity index (χ2n) is 5.46. The van der Waals surface area contributed by atoms with Crippen LogP contribution in [0.2, 0.25) is 0 Å². The molecule has 21 heavy (non-hydrogen) atoms. The van der Waals surface area contributed by atoms with Gasteiger partial charge in [-0.25, -0.2) is 4.98 Å². The summed E-state index contributed by atoms with van der Waals surface area (Å²) in [5, 5.41) is 8.06. The van der Waals surface area contributed by atoms with Gasteiger partial charge >= 0.3 is 0 Å². The number of thioether (sulfide) groups is 1. The Balaban J connectivity index is 1.65. The van der Waals surface area contributed by atoms with Crippen molar-refractivity contribution in [3.05, 3.63) is 48.5 Å². The zero-order valence-electron chi connectivity index (χ0n) is 12.2. The lowest BCUT2D eigenvalue weighted by Crippen LogP contribution is -2.36. The van der Waals surface area contributed by atoms with Gasteiger partial charge < -0.3 is 5.32 Å². The fraction of sp³-hybridized carbons (Fsp3) is 0.500. The van der Waals surface area contributed by atoms with Crippen LogP contribution in [0.1, 0.15) is 30.9 Å². The highest BCUT2D eigenvalue weighted by Crippen LogP contribution is 2.23. The molecule has 0 bridgehead atoms. The Hall–Kier alpha value is -1.33. The third kappa shape index (κ3) is 4.32. The number of aryl methyl sites for hydroxylation is 1. The van der Waals surface area contributed by atoms with Gasteiger partial charge in [-0.1, -0.05) is 30.3 Å². The molecule has 1 aliphatic heterocycles. The Bertz CT molecular complexity index is 508. The van der Waals surface area contributed by atoms with Gasteiger partial charge in [-0.3, -0.25) is 4.68 Å².